The number of hydrogen-bond donors (Lipinski definition) is 1. The Morgan fingerprint density at radius 3 is 1.50 bits per heavy atom. The average Bonchev–Trinajstić information content (AvgIpc) is 1.00. The summed E-state index contributed by atoms with van der Waals surface area (Å²) in [5.41, 5.74) is 0. The molecule has 0 aromatic rings. The standard InChI is InChI=1S/Al.Ca.ClHO.5H/c;;1-2;;;;;/h;;2H;;;;;/q;+2;;;;;2*-1. The molecule has 0 unspecified atom stereocenters. The van der Waals surface area contributed by atoms with Crippen LogP contribution in [0.4, 0.5) is 0 Å². The molecule has 24 valence electrons. The van der Waals surface area contributed by atoms with Gasteiger partial charge in [-0.1, -0.05) is 0 Å². The summed E-state index contributed by atoms with van der Waals surface area (Å²) in [7, 11) is 0. The van der Waals surface area contributed by atoms with Crippen molar-refractivity contribution < 1.29 is 7.51 Å². The van der Waals surface area contributed by atoms with E-state index in [0.717, 1.165) is 0 Å². The van der Waals surface area contributed by atoms with Crippen LogP contribution in [0.25, 0.3) is 0 Å². The van der Waals surface area contributed by atoms with Gasteiger partial charge in [0.25, 0.3) is 0 Å². The van der Waals surface area contributed by atoms with Gasteiger partial charge in [0.05, 0.1) is 11.9 Å². The predicted octanol–water partition coefficient (Wildman–Crippen LogP) is -1.21. The minimum absolute atomic E-state index is 0. The van der Waals surface area contributed by atoms with E-state index < -0.39 is 0 Å². The van der Waals surface area contributed by atoms with E-state index in [9.17, 15) is 0 Å². The normalized spacial score (nSPS) is 1.50. The fourth-order valence-corrected chi connectivity index (χ4v) is 0. The van der Waals surface area contributed by atoms with Crippen molar-refractivity contribution in [3.05, 3.63) is 0 Å². The molecule has 0 rings (SSSR count). The van der Waals surface area contributed by atoms with Crippen molar-refractivity contribution in [2.45, 2.75) is 0 Å². The van der Waals surface area contributed by atoms with Crippen LogP contribution in [0.1, 0.15) is 2.85 Å². The third kappa shape index (κ3) is 8.97. The molecule has 1 nitrogen and oxygen atoms in total. The number of rotatable bonds is 0. The zero-order valence-corrected chi connectivity index (χ0v) is 4.50. The SMILES string of the molecule is OCl.[AlH3].[Ca+2].[H-].[H-]. The molecular formula is H6AlCaClO. The summed E-state index contributed by atoms with van der Waals surface area (Å²) < 4.78 is 6.47. The summed E-state index contributed by atoms with van der Waals surface area (Å²) >= 11 is 3.64. The molecule has 0 aliphatic rings. The van der Waals surface area contributed by atoms with E-state index in [0.29, 0.717) is 0 Å². The molecule has 0 spiro atoms. The first-order valence-electron chi connectivity index (χ1n) is 0.169. The molecule has 1 N–H and O–H groups in total. The molecule has 0 atom stereocenters. The van der Waals surface area contributed by atoms with E-state index in [4.69, 9.17) is 4.66 Å². The third-order valence-corrected chi connectivity index (χ3v) is 0. The van der Waals surface area contributed by atoms with Gasteiger partial charge in [-0.3, -0.25) is 4.66 Å². The summed E-state index contributed by atoms with van der Waals surface area (Å²) in [6, 6.07) is 0. The van der Waals surface area contributed by atoms with Gasteiger partial charge < -0.3 is 2.85 Å². The van der Waals surface area contributed by atoms with Crippen LogP contribution in [0.5, 0.6) is 0 Å². The van der Waals surface area contributed by atoms with Crippen LogP contribution < -0.4 is 0 Å². The van der Waals surface area contributed by atoms with Crippen molar-refractivity contribution in [1.82, 2.24) is 0 Å². The van der Waals surface area contributed by atoms with Crippen LogP contribution >= 0.6 is 11.9 Å². The number of hydrogen-bond acceptors (Lipinski definition) is 1. The van der Waals surface area contributed by atoms with E-state index in [1.807, 2.05) is 0 Å². The Balaban J connectivity index is -0.000000000833. The molecule has 0 aliphatic carbocycles. The summed E-state index contributed by atoms with van der Waals surface area (Å²) in [5, 5.41) is 0. The molecule has 0 heterocycles. The summed E-state index contributed by atoms with van der Waals surface area (Å²) in [6.07, 6.45) is 0. The van der Waals surface area contributed by atoms with E-state index in [-0.39, 0.29) is 58.0 Å². The van der Waals surface area contributed by atoms with Gasteiger partial charge in [-0.25, -0.2) is 0 Å². The van der Waals surface area contributed by atoms with Crippen LogP contribution in [-0.2, 0) is 0 Å². The van der Waals surface area contributed by atoms with Gasteiger partial charge in [0.1, 0.15) is 0 Å². The van der Waals surface area contributed by atoms with Gasteiger partial charge in [0.15, 0.2) is 17.4 Å². The van der Waals surface area contributed by atoms with E-state index >= 15 is 0 Å². The first-order valence-corrected chi connectivity index (χ1v) is 0.507. The van der Waals surface area contributed by atoms with Gasteiger partial charge in [-0.15, -0.1) is 0 Å². The molecule has 0 aliphatic heterocycles. The van der Waals surface area contributed by atoms with E-state index in [1.54, 1.807) is 0 Å². The Hall–Kier alpha value is 2.04. The van der Waals surface area contributed by atoms with Gasteiger partial charge in [-0.2, -0.15) is 0 Å². The third-order valence-electron chi connectivity index (χ3n) is 0. The maximum Gasteiger partial charge on any atom is 2.00 e. The molecule has 4 heavy (non-hydrogen) atoms. The molecule has 0 radical (unpaired) electrons. The molecule has 0 saturated heterocycles. The van der Waals surface area contributed by atoms with Crippen molar-refractivity contribution >= 4 is 67.0 Å². The minimum atomic E-state index is 0. The maximum atomic E-state index is 6.47. The Morgan fingerprint density at radius 1 is 1.50 bits per heavy atom. The first kappa shape index (κ1) is 16.6. The molecule has 0 aromatic heterocycles. The molecular weight excluding hydrogens is 119 g/mol. The van der Waals surface area contributed by atoms with Gasteiger partial charge >= 0.3 is 37.7 Å². The van der Waals surface area contributed by atoms with E-state index in [2.05, 4.69) is 11.9 Å². The van der Waals surface area contributed by atoms with Crippen molar-refractivity contribution in [2.24, 2.45) is 0 Å². The van der Waals surface area contributed by atoms with Gasteiger partial charge in [-0.05, 0) is 0 Å². The number of halogens is 1. The fourth-order valence-electron chi connectivity index (χ4n) is 0. The fraction of sp³-hybridized carbons (Fsp3) is 0. The second-order valence-corrected chi connectivity index (χ2v) is 0. The molecule has 0 aromatic carbocycles. The summed E-state index contributed by atoms with van der Waals surface area (Å²) in [6.45, 7) is 0. The zero-order chi connectivity index (χ0) is 2.00. The predicted molar refractivity (Wildman–Crippen MR) is 26.0 cm³/mol. The Bertz CT molecular complexity index is 13.5. The maximum absolute atomic E-state index is 6.47. The van der Waals surface area contributed by atoms with E-state index in [1.165, 1.54) is 0 Å². The Morgan fingerprint density at radius 2 is 1.50 bits per heavy atom. The molecule has 0 bridgehead atoms. The van der Waals surface area contributed by atoms with Crippen LogP contribution in [0.15, 0.2) is 0 Å². The second kappa shape index (κ2) is 19.8. The second-order valence-electron chi connectivity index (χ2n) is 0. The largest absolute Gasteiger partial charge is 2.00 e. The van der Waals surface area contributed by atoms with Gasteiger partial charge in [0.2, 0.25) is 0 Å². The van der Waals surface area contributed by atoms with Crippen LogP contribution in [-0.4, -0.2) is 59.8 Å². The van der Waals surface area contributed by atoms with Crippen LogP contribution in [0, 0.1) is 0 Å². The smallest absolute Gasteiger partial charge is 1.00 e. The Labute approximate surface area is 73.6 Å². The zero-order valence-electron chi connectivity index (χ0n) is 3.53. The molecule has 0 fully saturated rings. The van der Waals surface area contributed by atoms with Crippen molar-refractivity contribution in [3.63, 3.8) is 0 Å². The molecule has 0 amide bonds. The summed E-state index contributed by atoms with van der Waals surface area (Å²) in [5.74, 6) is 0. The van der Waals surface area contributed by atoms with Gasteiger partial charge in [0, 0.05) is 0 Å². The van der Waals surface area contributed by atoms with Crippen molar-refractivity contribution in [1.29, 1.82) is 0 Å². The first-order chi connectivity index (χ1) is 1.00. The van der Waals surface area contributed by atoms with Crippen molar-refractivity contribution in [2.75, 3.05) is 0 Å². The average molecular weight is 125 g/mol. The monoisotopic (exact) mass is 124 g/mol. The van der Waals surface area contributed by atoms with Crippen LogP contribution in [0.2, 0.25) is 0 Å². The quantitative estimate of drug-likeness (QED) is 0.402. The molecule has 0 saturated carbocycles. The molecule has 4 heteroatoms. The Kier molecular flexibility index (Phi) is 82.0. The van der Waals surface area contributed by atoms with Crippen LogP contribution in [0.3, 0.4) is 0 Å². The summed E-state index contributed by atoms with van der Waals surface area (Å²) in [4.78, 5) is 0. The topological polar surface area (TPSA) is 20.2 Å². The van der Waals surface area contributed by atoms with Crippen molar-refractivity contribution in [3.8, 4) is 0 Å². The minimum Gasteiger partial charge on any atom is -1.00 e.